The van der Waals surface area contributed by atoms with E-state index in [2.05, 4.69) is 33.0 Å². The highest BCUT2D eigenvalue weighted by molar-refractivity contribution is 4.67. The number of hydrogen-bond donors (Lipinski definition) is 2. The van der Waals surface area contributed by atoms with E-state index in [4.69, 9.17) is 5.73 Å². The van der Waals surface area contributed by atoms with E-state index in [1.807, 2.05) is 0 Å². The third-order valence-corrected chi connectivity index (χ3v) is 2.10. The van der Waals surface area contributed by atoms with Gasteiger partial charge in [0.1, 0.15) is 0 Å². The Morgan fingerprint density at radius 1 is 1.23 bits per heavy atom. The summed E-state index contributed by atoms with van der Waals surface area (Å²) in [4.78, 5) is 0. The van der Waals surface area contributed by atoms with Crippen LogP contribution in [-0.4, -0.2) is 19.6 Å². The van der Waals surface area contributed by atoms with Crippen LogP contribution in [-0.2, 0) is 0 Å². The van der Waals surface area contributed by atoms with Crippen LogP contribution in [0.2, 0.25) is 0 Å². The van der Waals surface area contributed by atoms with Gasteiger partial charge in [-0.1, -0.05) is 27.7 Å². The van der Waals surface area contributed by atoms with Crippen molar-refractivity contribution in [3.8, 4) is 0 Å². The van der Waals surface area contributed by atoms with E-state index < -0.39 is 0 Å². The predicted octanol–water partition coefficient (Wildman–Crippen LogP) is 2.00. The van der Waals surface area contributed by atoms with E-state index >= 15 is 0 Å². The molecule has 0 spiro atoms. The summed E-state index contributed by atoms with van der Waals surface area (Å²) in [5.41, 5.74) is 5.85. The number of rotatable bonds is 6. The van der Waals surface area contributed by atoms with Gasteiger partial charge in [-0.2, -0.15) is 0 Å². The minimum absolute atomic E-state index is 0.466. The lowest BCUT2D eigenvalue weighted by atomic mass is 9.84. The van der Waals surface area contributed by atoms with Gasteiger partial charge in [-0.05, 0) is 30.7 Å². The summed E-state index contributed by atoms with van der Waals surface area (Å²) in [7, 11) is 0. The minimum Gasteiger partial charge on any atom is -0.329 e. The first-order valence-corrected chi connectivity index (χ1v) is 5.36. The van der Waals surface area contributed by atoms with Gasteiger partial charge < -0.3 is 11.1 Å². The lowest BCUT2D eigenvalue weighted by Gasteiger charge is -2.23. The molecule has 1 atom stereocenters. The van der Waals surface area contributed by atoms with Gasteiger partial charge in [0, 0.05) is 13.1 Å². The third-order valence-electron chi connectivity index (χ3n) is 2.10. The Hall–Kier alpha value is -0.0800. The summed E-state index contributed by atoms with van der Waals surface area (Å²) in [6.07, 6.45) is 2.56. The Kier molecular flexibility index (Phi) is 6.35. The highest BCUT2D eigenvalue weighted by Crippen LogP contribution is 2.25. The molecule has 0 saturated carbocycles. The zero-order chi connectivity index (χ0) is 10.3. The molecule has 0 aromatic carbocycles. The molecule has 1 unspecified atom stereocenters. The van der Waals surface area contributed by atoms with Crippen LogP contribution in [0.4, 0.5) is 0 Å². The van der Waals surface area contributed by atoms with E-state index in [0.717, 1.165) is 25.6 Å². The van der Waals surface area contributed by atoms with E-state index in [-0.39, 0.29) is 0 Å². The van der Waals surface area contributed by atoms with E-state index in [1.165, 1.54) is 12.8 Å². The van der Waals surface area contributed by atoms with Crippen molar-refractivity contribution in [2.24, 2.45) is 17.1 Å². The summed E-state index contributed by atoms with van der Waals surface area (Å²) in [5.74, 6) is 0.810. The highest BCUT2D eigenvalue weighted by atomic mass is 14.9. The summed E-state index contributed by atoms with van der Waals surface area (Å²) in [5, 5.41) is 3.33. The fourth-order valence-electron chi connectivity index (χ4n) is 1.72. The fourth-order valence-corrected chi connectivity index (χ4v) is 1.72. The molecule has 0 bridgehead atoms. The van der Waals surface area contributed by atoms with Gasteiger partial charge in [-0.25, -0.2) is 0 Å². The van der Waals surface area contributed by atoms with Gasteiger partial charge in [0.2, 0.25) is 0 Å². The molecule has 2 nitrogen and oxygen atoms in total. The standard InChI is InChI=1S/C11H26N2/c1-10(9-11(2,3)4)5-7-13-8-6-12/h10,13H,5-9,12H2,1-4H3. The highest BCUT2D eigenvalue weighted by Gasteiger charge is 2.14. The van der Waals surface area contributed by atoms with Crippen LogP contribution in [0.5, 0.6) is 0 Å². The van der Waals surface area contributed by atoms with E-state index in [9.17, 15) is 0 Å². The maximum atomic E-state index is 5.38. The van der Waals surface area contributed by atoms with Crippen molar-refractivity contribution in [2.75, 3.05) is 19.6 Å². The number of hydrogen-bond acceptors (Lipinski definition) is 2. The van der Waals surface area contributed by atoms with E-state index in [1.54, 1.807) is 0 Å². The summed E-state index contributed by atoms with van der Waals surface area (Å²) in [6, 6.07) is 0. The molecule has 0 rings (SSSR count). The molecule has 0 aliphatic heterocycles. The first kappa shape index (κ1) is 12.9. The molecule has 3 N–H and O–H groups in total. The van der Waals surface area contributed by atoms with Crippen LogP contribution in [0.25, 0.3) is 0 Å². The summed E-state index contributed by atoms with van der Waals surface area (Å²) in [6.45, 7) is 12.0. The zero-order valence-corrected chi connectivity index (χ0v) is 9.69. The van der Waals surface area contributed by atoms with Gasteiger partial charge >= 0.3 is 0 Å². The van der Waals surface area contributed by atoms with Crippen molar-refractivity contribution in [2.45, 2.75) is 40.5 Å². The molecule has 80 valence electrons. The molecular formula is C11H26N2. The second kappa shape index (κ2) is 6.39. The average Bonchev–Trinajstić information content (AvgIpc) is 1.94. The fraction of sp³-hybridized carbons (Fsp3) is 1.00. The molecule has 2 heteroatoms. The lowest BCUT2D eigenvalue weighted by molar-refractivity contribution is 0.295. The van der Waals surface area contributed by atoms with Crippen LogP contribution < -0.4 is 11.1 Å². The van der Waals surface area contributed by atoms with Crippen molar-refractivity contribution in [1.29, 1.82) is 0 Å². The zero-order valence-electron chi connectivity index (χ0n) is 9.69. The Morgan fingerprint density at radius 2 is 1.85 bits per heavy atom. The van der Waals surface area contributed by atoms with Crippen molar-refractivity contribution in [3.05, 3.63) is 0 Å². The van der Waals surface area contributed by atoms with Crippen molar-refractivity contribution >= 4 is 0 Å². The van der Waals surface area contributed by atoms with Crippen LogP contribution in [0, 0.1) is 11.3 Å². The van der Waals surface area contributed by atoms with Gasteiger partial charge in [-0.15, -0.1) is 0 Å². The third kappa shape index (κ3) is 9.84. The maximum Gasteiger partial charge on any atom is 0.00745 e. The van der Waals surface area contributed by atoms with Crippen LogP contribution in [0.3, 0.4) is 0 Å². The molecule has 13 heavy (non-hydrogen) atoms. The Morgan fingerprint density at radius 3 is 2.31 bits per heavy atom. The number of nitrogens with one attached hydrogen (secondary N) is 1. The van der Waals surface area contributed by atoms with Crippen LogP contribution in [0.1, 0.15) is 40.5 Å². The lowest BCUT2D eigenvalue weighted by Crippen LogP contribution is -2.25. The normalized spacial score (nSPS) is 14.5. The predicted molar refractivity (Wildman–Crippen MR) is 59.8 cm³/mol. The SMILES string of the molecule is CC(CCNCCN)CC(C)(C)C. The molecule has 0 aliphatic rings. The molecule has 0 amide bonds. The molecule has 0 aliphatic carbocycles. The smallest absolute Gasteiger partial charge is 0.00745 e. The second-order valence-corrected chi connectivity index (χ2v) is 5.20. The summed E-state index contributed by atoms with van der Waals surface area (Å²) >= 11 is 0. The maximum absolute atomic E-state index is 5.38. The van der Waals surface area contributed by atoms with Crippen molar-refractivity contribution in [3.63, 3.8) is 0 Å². The molecule has 0 heterocycles. The van der Waals surface area contributed by atoms with Gasteiger partial charge in [0.05, 0.1) is 0 Å². The molecule has 0 radical (unpaired) electrons. The van der Waals surface area contributed by atoms with Crippen LogP contribution in [0.15, 0.2) is 0 Å². The first-order valence-electron chi connectivity index (χ1n) is 5.36. The van der Waals surface area contributed by atoms with Gasteiger partial charge in [0.15, 0.2) is 0 Å². The number of nitrogens with two attached hydrogens (primary N) is 1. The van der Waals surface area contributed by atoms with E-state index in [0.29, 0.717) is 5.41 Å². The quantitative estimate of drug-likeness (QED) is 0.623. The van der Waals surface area contributed by atoms with Crippen LogP contribution >= 0.6 is 0 Å². The molecule has 0 saturated heterocycles. The van der Waals surface area contributed by atoms with Gasteiger partial charge in [-0.3, -0.25) is 0 Å². The molecule has 0 aromatic heterocycles. The minimum atomic E-state index is 0.466. The van der Waals surface area contributed by atoms with Crippen molar-refractivity contribution in [1.82, 2.24) is 5.32 Å². The molecule has 0 fully saturated rings. The van der Waals surface area contributed by atoms with Crippen molar-refractivity contribution < 1.29 is 0 Å². The Labute approximate surface area is 83.3 Å². The monoisotopic (exact) mass is 186 g/mol. The topological polar surface area (TPSA) is 38.0 Å². The average molecular weight is 186 g/mol. The summed E-state index contributed by atoms with van der Waals surface area (Å²) < 4.78 is 0. The largest absolute Gasteiger partial charge is 0.329 e. The first-order chi connectivity index (χ1) is 5.95. The molecular weight excluding hydrogens is 160 g/mol. The second-order valence-electron chi connectivity index (χ2n) is 5.20. The Balaban J connectivity index is 3.35. The Bertz CT molecular complexity index is 116. The molecule has 0 aromatic rings. The van der Waals surface area contributed by atoms with Gasteiger partial charge in [0.25, 0.3) is 0 Å².